The molecule has 1 rings (SSSR count). The molecule has 0 saturated carbocycles. The van der Waals surface area contributed by atoms with Gasteiger partial charge < -0.3 is 4.74 Å². The smallest absolute Gasteiger partial charge is 0.0664 e. The maximum Gasteiger partial charge on any atom is 0.0664 e. The highest BCUT2D eigenvalue weighted by Crippen LogP contribution is 2.26. The van der Waals surface area contributed by atoms with Crippen molar-refractivity contribution in [3.63, 3.8) is 0 Å². The first-order chi connectivity index (χ1) is 7.75. The van der Waals surface area contributed by atoms with Crippen LogP contribution in [0.4, 0.5) is 0 Å². The molecule has 87 valence electrons. The molecule has 0 aliphatic carbocycles. The molecule has 0 aliphatic rings. The molecule has 3 heteroatoms. The second kappa shape index (κ2) is 7.72. The van der Waals surface area contributed by atoms with Crippen LogP contribution < -0.4 is 0 Å². The molecule has 0 aromatic heterocycles. The van der Waals surface area contributed by atoms with Gasteiger partial charge in [-0.2, -0.15) is 0 Å². The van der Waals surface area contributed by atoms with Crippen LogP contribution in [-0.2, 0) is 4.74 Å². The minimum atomic E-state index is 0.571. The maximum atomic E-state index is 6.02. The standard InChI is InChI=1S/C13H15Cl2O/c1-2-3-9-16-10-5-7-11-6-4-8-12(14)13(11)15/h4-8H,1-3,9-10H2. The van der Waals surface area contributed by atoms with Crippen molar-refractivity contribution in [2.24, 2.45) is 0 Å². The van der Waals surface area contributed by atoms with Crippen molar-refractivity contribution in [1.82, 2.24) is 0 Å². The normalized spacial score (nSPS) is 11.2. The molecular formula is C13H15Cl2O. The minimum absolute atomic E-state index is 0.571. The van der Waals surface area contributed by atoms with Crippen LogP contribution in [-0.4, -0.2) is 13.2 Å². The van der Waals surface area contributed by atoms with Gasteiger partial charge in [-0.15, -0.1) is 0 Å². The highest BCUT2D eigenvalue weighted by Gasteiger charge is 1.99. The lowest BCUT2D eigenvalue weighted by atomic mass is 10.2. The Hall–Kier alpha value is -0.500. The molecule has 0 unspecified atom stereocenters. The lowest BCUT2D eigenvalue weighted by Crippen LogP contribution is -1.93. The molecular weight excluding hydrogens is 243 g/mol. The van der Waals surface area contributed by atoms with E-state index in [0.29, 0.717) is 16.7 Å². The third kappa shape index (κ3) is 4.56. The largest absolute Gasteiger partial charge is 0.377 e. The van der Waals surface area contributed by atoms with Crippen LogP contribution in [0.2, 0.25) is 10.0 Å². The zero-order valence-electron chi connectivity index (χ0n) is 9.09. The first-order valence-electron chi connectivity index (χ1n) is 5.23. The predicted octanol–water partition coefficient (Wildman–Crippen LogP) is 4.64. The van der Waals surface area contributed by atoms with Crippen LogP contribution in [0, 0.1) is 6.92 Å². The van der Waals surface area contributed by atoms with Crippen LogP contribution >= 0.6 is 23.2 Å². The summed E-state index contributed by atoms with van der Waals surface area (Å²) in [6.45, 7) is 5.08. The van der Waals surface area contributed by atoms with Crippen molar-refractivity contribution < 1.29 is 4.74 Å². The van der Waals surface area contributed by atoms with E-state index in [1.807, 2.05) is 24.3 Å². The summed E-state index contributed by atoms with van der Waals surface area (Å²) >= 11 is 11.9. The highest BCUT2D eigenvalue weighted by atomic mass is 35.5. The third-order valence-corrected chi connectivity index (χ3v) is 2.87. The number of benzene rings is 1. The number of ether oxygens (including phenoxy) is 1. The molecule has 0 spiro atoms. The molecule has 0 heterocycles. The fourth-order valence-electron chi connectivity index (χ4n) is 1.18. The van der Waals surface area contributed by atoms with Gasteiger partial charge in [-0.25, -0.2) is 0 Å². The average molecular weight is 258 g/mol. The second-order valence-corrected chi connectivity index (χ2v) is 4.11. The van der Waals surface area contributed by atoms with Gasteiger partial charge in [-0.05, 0) is 18.1 Å². The topological polar surface area (TPSA) is 9.23 Å². The molecule has 0 atom stereocenters. The van der Waals surface area contributed by atoms with E-state index in [0.717, 1.165) is 25.0 Å². The van der Waals surface area contributed by atoms with Crippen molar-refractivity contribution in [3.05, 3.63) is 46.8 Å². The summed E-state index contributed by atoms with van der Waals surface area (Å²) in [7, 11) is 0. The fraction of sp³-hybridized carbons (Fsp3) is 0.308. The zero-order chi connectivity index (χ0) is 11.8. The van der Waals surface area contributed by atoms with Crippen molar-refractivity contribution >= 4 is 29.3 Å². The van der Waals surface area contributed by atoms with E-state index in [4.69, 9.17) is 27.9 Å². The molecule has 1 aromatic rings. The van der Waals surface area contributed by atoms with Crippen molar-refractivity contribution in [2.45, 2.75) is 12.8 Å². The van der Waals surface area contributed by atoms with Gasteiger partial charge in [0, 0.05) is 6.61 Å². The lowest BCUT2D eigenvalue weighted by Gasteiger charge is -2.01. The highest BCUT2D eigenvalue weighted by molar-refractivity contribution is 6.42. The summed E-state index contributed by atoms with van der Waals surface area (Å²) in [6.07, 6.45) is 5.74. The van der Waals surface area contributed by atoms with Gasteiger partial charge in [-0.1, -0.05) is 60.8 Å². The Morgan fingerprint density at radius 3 is 2.88 bits per heavy atom. The van der Waals surface area contributed by atoms with Gasteiger partial charge >= 0.3 is 0 Å². The number of hydrogen-bond donors (Lipinski definition) is 0. The molecule has 0 bridgehead atoms. The predicted molar refractivity (Wildman–Crippen MR) is 70.9 cm³/mol. The molecule has 1 aromatic carbocycles. The Morgan fingerprint density at radius 1 is 1.31 bits per heavy atom. The number of halogens is 2. The molecule has 1 nitrogen and oxygen atoms in total. The first-order valence-corrected chi connectivity index (χ1v) is 5.99. The third-order valence-electron chi connectivity index (χ3n) is 2.03. The Bertz CT molecular complexity index is 348. The van der Waals surface area contributed by atoms with E-state index in [1.54, 1.807) is 6.07 Å². The zero-order valence-corrected chi connectivity index (χ0v) is 10.6. The van der Waals surface area contributed by atoms with Crippen LogP contribution in [0.5, 0.6) is 0 Å². The lowest BCUT2D eigenvalue weighted by molar-refractivity contribution is 0.160. The van der Waals surface area contributed by atoms with Gasteiger partial charge in [-0.3, -0.25) is 0 Å². The number of rotatable bonds is 6. The molecule has 0 saturated heterocycles. The first kappa shape index (κ1) is 13.6. The van der Waals surface area contributed by atoms with E-state index < -0.39 is 0 Å². The number of hydrogen-bond acceptors (Lipinski definition) is 1. The minimum Gasteiger partial charge on any atom is -0.377 e. The van der Waals surface area contributed by atoms with Crippen LogP contribution in [0.25, 0.3) is 6.08 Å². The summed E-state index contributed by atoms with van der Waals surface area (Å²) in [4.78, 5) is 0. The number of unbranched alkanes of at least 4 members (excludes halogenated alkanes) is 1. The van der Waals surface area contributed by atoms with Gasteiger partial charge in [0.15, 0.2) is 0 Å². The molecule has 16 heavy (non-hydrogen) atoms. The van der Waals surface area contributed by atoms with E-state index >= 15 is 0 Å². The summed E-state index contributed by atoms with van der Waals surface area (Å²) in [6, 6.07) is 5.56. The Balaban J connectivity index is 2.41. The van der Waals surface area contributed by atoms with Crippen molar-refractivity contribution in [3.8, 4) is 0 Å². The molecule has 1 radical (unpaired) electrons. The average Bonchev–Trinajstić information content (AvgIpc) is 2.29. The van der Waals surface area contributed by atoms with E-state index in [9.17, 15) is 0 Å². The van der Waals surface area contributed by atoms with Crippen LogP contribution in [0.1, 0.15) is 18.4 Å². The quantitative estimate of drug-likeness (QED) is 0.675. The monoisotopic (exact) mass is 257 g/mol. The van der Waals surface area contributed by atoms with Crippen molar-refractivity contribution in [1.29, 1.82) is 0 Å². The molecule has 0 aliphatic heterocycles. The second-order valence-electron chi connectivity index (χ2n) is 3.33. The van der Waals surface area contributed by atoms with Crippen molar-refractivity contribution in [2.75, 3.05) is 13.2 Å². The summed E-state index contributed by atoms with van der Waals surface area (Å²) in [5, 5.41) is 1.15. The fourth-order valence-corrected chi connectivity index (χ4v) is 1.55. The SMILES string of the molecule is [CH2]CCCOCC=Cc1cccc(Cl)c1Cl. The Kier molecular flexibility index (Phi) is 6.55. The summed E-state index contributed by atoms with van der Waals surface area (Å²) in [5.41, 5.74) is 0.912. The Morgan fingerprint density at radius 2 is 2.12 bits per heavy atom. The summed E-state index contributed by atoms with van der Waals surface area (Å²) in [5.74, 6) is 0. The van der Waals surface area contributed by atoms with Gasteiger partial charge in [0.05, 0.1) is 16.7 Å². The van der Waals surface area contributed by atoms with Crippen LogP contribution in [0.15, 0.2) is 24.3 Å². The van der Waals surface area contributed by atoms with Crippen LogP contribution in [0.3, 0.4) is 0 Å². The summed E-state index contributed by atoms with van der Waals surface area (Å²) < 4.78 is 5.36. The molecule has 0 N–H and O–H groups in total. The van der Waals surface area contributed by atoms with Gasteiger partial charge in [0.25, 0.3) is 0 Å². The molecule has 0 amide bonds. The van der Waals surface area contributed by atoms with E-state index in [2.05, 4.69) is 6.92 Å². The maximum absolute atomic E-state index is 6.02. The van der Waals surface area contributed by atoms with Gasteiger partial charge in [0.2, 0.25) is 0 Å². The van der Waals surface area contributed by atoms with E-state index in [1.165, 1.54) is 0 Å². The molecule has 0 fully saturated rings. The Labute approximate surface area is 107 Å². The van der Waals surface area contributed by atoms with Gasteiger partial charge in [0.1, 0.15) is 0 Å². The van der Waals surface area contributed by atoms with E-state index in [-0.39, 0.29) is 0 Å².